The largest absolute Gasteiger partial charge is 0.461 e. The third-order valence-electron chi connectivity index (χ3n) is 8.78. The van der Waals surface area contributed by atoms with Gasteiger partial charge in [-0.15, -0.1) is 0 Å². The van der Waals surface area contributed by atoms with Crippen molar-refractivity contribution in [2.45, 2.75) is 108 Å². The summed E-state index contributed by atoms with van der Waals surface area (Å²) in [6, 6.07) is 0. The van der Waals surface area contributed by atoms with E-state index in [0.29, 0.717) is 0 Å². The molecule has 0 radical (unpaired) electrons. The van der Waals surface area contributed by atoms with Crippen LogP contribution in [0.15, 0.2) is 0 Å². The second kappa shape index (κ2) is 17.2. The Kier molecular flexibility index (Phi) is 16.4. The Bertz CT molecular complexity index is 751. The molecular weight excluding hydrogens is 504 g/mol. The SMILES string of the molecule is CC(C)C(C)C(O)C(C)C(C)C(=O)OCC(COC(=O)C(C)C(C)O)OC(=O)C(C)C(C)C(O)C(C)C(C)C. The summed E-state index contributed by atoms with van der Waals surface area (Å²) in [7, 11) is 0. The monoisotopic (exact) mass is 560 g/mol. The van der Waals surface area contributed by atoms with Gasteiger partial charge in [0.2, 0.25) is 0 Å². The summed E-state index contributed by atoms with van der Waals surface area (Å²) in [4.78, 5) is 38.1. The highest BCUT2D eigenvalue weighted by atomic mass is 16.6. The minimum Gasteiger partial charge on any atom is -0.461 e. The summed E-state index contributed by atoms with van der Waals surface area (Å²) in [5, 5.41) is 31.1. The van der Waals surface area contributed by atoms with E-state index in [-0.39, 0.29) is 42.8 Å². The van der Waals surface area contributed by atoms with Gasteiger partial charge in [0.25, 0.3) is 0 Å². The topological polar surface area (TPSA) is 140 Å². The predicted molar refractivity (Wildman–Crippen MR) is 149 cm³/mol. The van der Waals surface area contributed by atoms with Crippen LogP contribution in [0.2, 0.25) is 0 Å². The fourth-order valence-corrected chi connectivity index (χ4v) is 3.96. The standard InChI is InChI=1S/C30H56O9/c1-15(2)17(5)26(32)19(7)21(9)28(34)37-13-25(14-38-29(35)23(11)24(12)31)39-30(36)22(10)20(8)27(33)18(6)16(3)4/h15-27,31-33H,13-14H2,1-12H3. The molecular formula is C30H56O9. The van der Waals surface area contributed by atoms with Crippen molar-refractivity contribution in [3.63, 3.8) is 0 Å². The fourth-order valence-electron chi connectivity index (χ4n) is 3.96. The first-order valence-electron chi connectivity index (χ1n) is 14.4. The van der Waals surface area contributed by atoms with Crippen molar-refractivity contribution in [2.75, 3.05) is 13.2 Å². The third-order valence-corrected chi connectivity index (χ3v) is 8.78. The van der Waals surface area contributed by atoms with E-state index in [0.717, 1.165) is 0 Å². The summed E-state index contributed by atoms with van der Waals surface area (Å²) in [6.45, 7) is 21.1. The number of hydrogen-bond donors (Lipinski definition) is 3. The quantitative estimate of drug-likeness (QED) is 0.179. The van der Waals surface area contributed by atoms with Gasteiger partial charge >= 0.3 is 17.9 Å². The van der Waals surface area contributed by atoms with E-state index in [1.54, 1.807) is 27.7 Å². The summed E-state index contributed by atoms with van der Waals surface area (Å²) in [6.07, 6.45) is -3.44. The van der Waals surface area contributed by atoms with E-state index in [1.807, 2.05) is 41.5 Å². The zero-order valence-electron chi connectivity index (χ0n) is 26.2. The smallest absolute Gasteiger partial charge is 0.311 e. The maximum atomic E-state index is 13.0. The molecule has 0 aromatic rings. The zero-order valence-corrected chi connectivity index (χ0v) is 26.2. The van der Waals surface area contributed by atoms with Gasteiger partial charge in [0.15, 0.2) is 6.10 Å². The minimum atomic E-state index is -1.08. The zero-order chi connectivity index (χ0) is 30.8. The highest BCUT2D eigenvalue weighted by molar-refractivity contribution is 5.74. The Hall–Kier alpha value is -1.71. The number of hydrogen-bond acceptors (Lipinski definition) is 9. The molecule has 3 N–H and O–H groups in total. The molecule has 39 heavy (non-hydrogen) atoms. The molecule has 0 aromatic heterocycles. The molecule has 0 fully saturated rings. The first-order chi connectivity index (χ1) is 17.8. The first kappa shape index (κ1) is 37.3. The Morgan fingerprint density at radius 3 is 1.18 bits per heavy atom. The molecule has 0 aliphatic carbocycles. The maximum absolute atomic E-state index is 13.0. The van der Waals surface area contributed by atoms with Crippen molar-refractivity contribution >= 4 is 17.9 Å². The molecule has 0 aliphatic rings. The summed E-state index contributed by atoms with van der Waals surface area (Å²) >= 11 is 0. The molecule has 0 bridgehead atoms. The lowest BCUT2D eigenvalue weighted by molar-refractivity contribution is -0.175. The van der Waals surface area contributed by atoms with Gasteiger partial charge in [-0.25, -0.2) is 0 Å². The normalized spacial score (nSPS) is 20.5. The number of carbonyl (C=O) groups excluding carboxylic acids is 3. The Balaban J connectivity index is 5.49. The van der Waals surface area contributed by atoms with Gasteiger partial charge in [0.05, 0.1) is 36.1 Å². The van der Waals surface area contributed by atoms with Crippen molar-refractivity contribution in [1.29, 1.82) is 0 Å². The molecule has 0 saturated heterocycles. The van der Waals surface area contributed by atoms with Crippen LogP contribution in [0.4, 0.5) is 0 Å². The van der Waals surface area contributed by atoms with E-state index in [1.165, 1.54) is 13.8 Å². The summed E-state index contributed by atoms with van der Waals surface area (Å²) < 4.78 is 16.3. The van der Waals surface area contributed by atoms with E-state index in [2.05, 4.69) is 0 Å². The predicted octanol–water partition coefficient (Wildman–Crippen LogP) is 3.85. The Labute approximate surface area is 236 Å². The Morgan fingerprint density at radius 2 is 0.846 bits per heavy atom. The number of aliphatic hydroxyl groups is 3. The number of aliphatic hydroxyl groups excluding tert-OH is 3. The summed E-state index contributed by atoms with van der Waals surface area (Å²) in [5.74, 6) is -4.30. The second-order valence-electron chi connectivity index (χ2n) is 12.3. The molecule has 0 saturated carbocycles. The minimum absolute atomic E-state index is 0.0171. The second-order valence-corrected chi connectivity index (χ2v) is 12.3. The molecule has 0 aliphatic heterocycles. The Morgan fingerprint density at radius 1 is 0.513 bits per heavy atom. The molecule has 230 valence electrons. The lowest BCUT2D eigenvalue weighted by Crippen LogP contribution is -2.40. The van der Waals surface area contributed by atoms with Gasteiger partial charge < -0.3 is 29.5 Å². The molecule has 0 spiro atoms. The van der Waals surface area contributed by atoms with Crippen LogP contribution in [0.1, 0.15) is 83.1 Å². The molecule has 0 rings (SSSR count). The molecule has 0 aromatic carbocycles. The average Bonchev–Trinajstić information content (AvgIpc) is 2.89. The van der Waals surface area contributed by atoms with Gasteiger partial charge in [-0.3, -0.25) is 14.4 Å². The van der Waals surface area contributed by atoms with Gasteiger partial charge in [-0.05, 0) is 49.4 Å². The molecule has 9 nitrogen and oxygen atoms in total. The van der Waals surface area contributed by atoms with Crippen LogP contribution in [0.3, 0.4) is 0 Å². The molecule has 0 heterocycles. The molecule has 9 heteroatoms. The van der Waals surface area contributed by atoms with Crippen LogP contribution in [-0.2, 0) is 28.6 Å². The number of rotatable bonds is 17. The van der Waals surface area contributed by atoms with Crippen LogP contribution in [0, 0.1) is 53.3 Å². The van der Waals surface area contributed by atoms with Crippen LogP contribution >= 0.6 is 0 Å². The van der Waals surface area contributed by atoms with Crippen molar-refractivity contribution in [3.8, 4) is 0 Å². The number of ether oxygens (including phenoxy) is 3. The van der Waals surface area contributed by atoms with Gasteiger partial charge in [-0.1, -0.05) is 69.2 Å². The third kappa shape index (κ3) is 11.7. The van der Waals surface area contributed by atoms with E-state index >= 15 is 0 Å². The van der Waals surface area contributed by atoms with Crippen LogP contribution in [0.5, 0.6) is 0 Å². The molecule has 11 atom stereocenters. The molecule has 11 unspecified atom stereocenters. The number of carbonyl (C=O) groups is 3. The highest BCUT2D eigenvalue weighted by Crippen LogP contribution is 2.28. The van der Waals surface area contributed by atoms with Crippen molar-refractivity contribution in [3.05, 3.63) is 0 Å². The van der Waals surface area contributed by atoms with Crippen molar-refractivity contribution in [2.24, 2.45) is 53.3 Å². The summed E-state index contributed by atoms with van der Waals surface area (Å²) in [5.41, 5.74) is 0. The van der Waals surface area contributed by atoms with E-state index in [9.17, 15) is 29.7 Å². The van der Waals surface area contributed by atoms with Crippen LogP contribution in [-0.4, -0.2) is 70.9 Å². The number of esters is 3. The van der Waals surface area contributed by atoms with Crippen LogP contribution in [0.25, 0.3) is 0 Å². The van der Waals surface area contributed by atoms with E-state index < -0.39 is 66.0 Å². The maximum Gasteiger partial charge on any atom is 0.311 e. The average molecular weight is 561 g/mol. The van der Waals surface area contributed by atoms with Gasteiger partial charge in [0.1, 0.15) is 13.2 Å². The van der Waals surface area contributed by atoms with Crippen molar-refractivity contribution in [1.82, 2.24) is 0 Å². The highest BCUT2D eigenvalue weighted by Gasteiger charge is 2.35. The van der Waals surface area contributed by atoms with E-state index in [4.69, 9.17) is 14.2 Å². The van der Waals surface area contributed by atoms with Crippen LogP contribution < -0.4 is 0 Å². The van der Waals surface area contributed by atoms with Gasteiger partial charge in [0, 0.05) is 0 Å². The van der Waals surface area contributed by atoms with Crippen molar-refractivity contribution < 1.29 is 43.9 Å². The fraction of sp³-hybridized carbons (Fsp3) is 0.900. The lowest BCUT2D eigenvalue weighted by atomic mass is 9.80. The lowest BCUT2D eigenvalue weighted by Gasteiger charge is -2.31. The first-order valence-corrected chi connectivity index (χ1v) is 14.4. The molecule has 0 amide bonds. The van der Waals surface area contributed by atoms with Gasteiger partial charge in [-0.2, -0.15) is 0 Å².